The van der Waals surface area contributed by atoms with E-state index in [4.69, 9.17) is 14.2 Å². The number of hydrazone groups is 1. The van der Waals surface area contributed by atoms with Crippen LogP contribution in [0, 0.1) is 5.82 Å². The maximum absolute atomic E-state index is 13.1. The first-order chi connectivity index (χ1) is 11.7. The molecule has 0 saturated heterocycles. The minimum Gasteiger partial charge on any atom is -0.493 e. The van der Waals surface area contributed by atoms with Gasteiger partial charge >= 0.3 is 0 Å². The van der Waals surface area contributed by atoms with Gasteiger partial charge in [-0.25, -0.2) is 9.82 Å². The second kappa shape index (κ2) is 6.99. The van der Waals surface area contributed by atoms with Gasteiger partial charge in [0.15, 0.2) is 11.5 Å². The Morgan fingerprint density at radius 2 is 2.12 bits per heavy atom. The van der Waals surface area contributed by atoms with Crippen LogP contribution in [0.2, 0.25) is 0 Å². The molecule has 6 nitrogen and oxygen atoms in total. The van der Waals surface area contributed by atoms with Crippen LogP contribution in [0.4, 0.5) is 4.39 Å². The first kappa shape index (κ1) is 15.8. The van der Waals surface area contributed by atoms with Gasteiger partial charge in [-0.05, 0) is 31.2 Å². The van der Waals surface area contributed by atoms with E-state index in [9.17, 15) is 9.18 Å². The van der Waals surface area contributed by atoms with Gasteiger partial charge in [-0.15, -0.1) is 0 Å². The number of carbonyl (C=O) groups excluding carboxylic acids is 1. The molecule has 1 aliphatic heterocycles. The topological polar surface area (TPSA) is 69.2 Å². The highest BCUT2D eigenvalue weighted by Gasteiger charge is 2.17. The Balaban J connectivity index is 1.75. The van der Waals surface area contributed by atoms with Gasteiger partial charge in [0.2, 0.25) is 6.79 Å². The molecule has 0 fully saturated rings. The van der Waals surface area contributed by atoms with Crippen LogP contribution in [-0.2, 0) is 0 Å². The molecular weight excluding hydrogens is 315 g/mol. The van der Waals surface area contributed by atoms with E-state index in [2.05, 4.69) is 10.5 Å². The molecule has 2 aromatic carbocycles. The third kappa shape index (κ3) is 3.45. The third-order valence-corrected chi connectivity index (χ3v) is 3.26. The lowest BCUT2D eigenvalue weighted by atomic mass is 10.2. The van der Waals surface area contributed by atoms with E-state index >= 15 is 0 Å². The summed E-state index contributed by atoms with van der Waals surface area (Å²) >= 11 is 0. The first-order valence-electron chi connectivity index (χ1n) is 7.33. The summed E-state index contributed by atoms with van der Waals surface area (Å²) in [7, 11) is 0. The van der Waals surface area contributed by atoms with Crippen LogP contribution in [-0.4, -0.2) is 25.5 Å². The van der Waals surface area contributed by atoms with Crippen molar-refractivity contribution in [1.82, 2.24) is 5.43 Å². The smallest absolute Gasteiger partial charge is 0.271 e. The Morgan fingerprint density at radius 3 is 2.88 bits per heavy atom. The predicted octanol–water partition coefficient (Wildman–Crippen LogP) is 2.72. The molecule has 0 bridgehead atoms. The summed E-state index contributed by atoms with van der Waals surface area (Å²) < 4.78 is 29.3. The van der Waals surface area contributed by atoms with Crippen molar-refractivity contribution in [2.45, 2.75) is 6.92 Å². The zero-order valence-corrected chi connectivity index (χ0v) is 12.9. The van der Waals surface area contributed by atoms with Crippen molar-refractivity contribution in [3.8, 4) is 17.2 Å². The number of hydrogen-bond donors (Lipinski definition) is 1. The Bertz CT molecular complexity index is 792. The number of nitrogens with one attached hydrogen (secondary N) is 1. The van der Waals surface area contributed by atoms with Crippen molar-refractivity contribution in [3.63, 3.8) is 0 Å². The van der Waals surface area contributed by atoms with Gasteiger partial charge in [-0.3, -0.25) is 4.79 Å². The molecule has 2 aromatic rings. The van der Waals surface area contributed by atoms with Crippen LogP contribution in [0.15, 0.2) is 41.5 Å². The fourth-order valence-electron chi connectivity index (χ4n) is 2.18. The number of fused-ring (bicyclic) bond motifs is 1. The van der Waals surface area contributed by atoms with E-state index in [1.165, 1.54) is 24.4 Å². The van der Waals surface area contributed by atoms with Gasteiger partial charge in [-0.2, -0.15) is 5.10 Å². The number of halogens is 1. The van der Waals surface area contributed by atoms with Crippen LogP contribution < -0.4 is 19.6 Å². The Morgan fingerprint density at radius 1 is 1.33 bits per heavy atom. The number of nitrogens with zero attached hydrogens (tertiary/aromatic N) is 1. The fourth-order valence-corrected chi connectivity index (χ4v) is 2.18. The van der Waals surface area contributed by atoms with Gasteiger partial charge in [0.25, 0.3) is 5.91 Å². The number of carbonyl (C=O) groups is 1. The van der Waals surface area contributed by atoms with E-state index in [0.29, 0.717) is 29.4 Å². The van der Waals surface area contributed by atoms with Gasteiger partial charge in [0, 0.05) is 17.2 Å². The van der Waals surface area contributed by atoms with Crippen LogP contribution in [0.1, 0.15) is 22.8 Å². The summed E-state index contributed by atoms with van der Waals surface area (Å²) in [6.07, 6.45) is 1.43. The number of hydrogen-bond acceptors (Lipinski definition) is 5. The molecule has 1 aliphatic rings. The van der Waals surface area contributed by atoms with Gasteiger partial charge in [0.05, 0.1) is 12.8 Å². The van der Waals surface area contributed by atoms with Gasteiger partial charge in [0.1, 0.15) is 11.6 Å². The highest BCUT2D eigenvalue weighted by molar-refractivity contribution is 5.95. The summed E-state index contributed by atoms with van der Waals surface area (Å²) in [5, 5.41) is 3.89. The lowest BCUT2D eigenvalue weighted by Gasteiger charge is -2.08. The van der Waals surface area contributed by atoms with E-state index < -0.39 is 11.7 Å². The van der Waals surface area contributed by atoms with Crippen molar-refractivity contribution in [1.29, 1.82) is 0 Å². The van der Waals surface area contributed by atoms with Crippen molar-refractivity contribution in [3.05, 3.63) is 53.3 Å². The molecule has 0 aromatic heterocycles. The molecule has 7 heteroatoms. The lowest BCUT2D eigenvalue weighted by molar-refractivity contribution is 0.0954. The molecule has 3 rings (SSSR count). The third-order valence-electron chi connectivity index (χ3n) is 3.26. The van der Waals surface area contributed by atoms with E-state index in [0.717, 1.165) is 6.07 Å². The highest BCUT2D eigenvalue weighted by Crippen LogP contribution is 2.37. The van der Waals surface area contributed by atoms with E-state index in [1.807, 2.05) is 6.92 Å². The normalized spacial score (nSPS) is 12.4. The summed E-state index contributed by atoms with van der Waals surface area (Å²) in [6.45, 7) is 2.48. The van der Waals surface area contributed by atoms with Crippen molar-refractivity contribution < 1.29 is 23.4 Å². The quantitative estimate of drug-likeness (QED) is 0.676. The average Bonchev–Trinajstić information content (AvgIpc) is 3.02. The number of ether oxygens (including phenoxy) is 3. The molecule has 0 unspecified atom stereocenters. The van der Waals surface area contributed by atoms with Crippen LogP contribution in [0.3, 0.4) is 0 Å². The van der Waals surface area contributed by atoms with Crippen LogP contribution in [0.5, 0.6) is 17.2 Å². The van der Waals surface area contributed by atoms with Crippen LogP contribution >= 0.6 is 0 Å². The summed E-state index contributed by atoms with van der Waals surface area (Å²) in [5.74, 6) is 0.742. The number of rotatable bonds is 5. The zero-order valence-electron chi connectivity index (χ0n) is 12.9. The van der Waals surface area contributed by atoms with Gasteiger partial charge in [-0.1, -0.05) is 6.07 Å². The number of benzene rings is 2. The van der Waals surface area contributed by atoms with Crippen molar-refractivity contribution >= 4 is 12.1 Å². The highest BCUT2D eigenvalue weighted by atomic mass is 19.1. The molecule has 1 N–H and O–H groups in total. The maximum Gasteiger partial charge on any atom is 0.271 e. The summed E-state index contributed by atoms with van der Waals surface area (Å²) in [5.41, 5.74) is 3.16. The molecule has 0 radical (unpaired) electrons. The number of amides is 1. The van der Waals surface area contributed by atoms with E-state index in [1.54, 1.807) is 12.1 Å². The predicted molar refractivity (Wildman–Crippen MR) is 85.2 cm³/mol. The van der Waals surface area contributed by atoms with Gasteiger partial charge < -0.3 is 14.2 Å². The molecule has 0 aliphatic carbocycles. The average molecular weight is 330 g/mol. The first-order valence-corrected chi connectivity index (χ1v) is 7.33. The Labute approximate surface area is 137 Å². The SMILES string of the molecule is CCOc1cc2c(cc1/C=N/NC(=O)c1cccc(F)c1)OCO2. The molecule has 1 heterocycles. The molecule has 0 spiro atoms. The summed E-state index contributed by atoms with van der Waals surface area (Å²) in [6, 6.07) is 8.78. The lowest BCUT2D eigenvalue weighted by Crippen LogP contribution is -2.17. The van der Waals surface area contributed by atoms with Crippen molar-refractivity contribution in [2.75, 3.05) is 13.4 Å². The second-order valence-corrected chi connectivity index (χ2v) is 4.89. The monoisotopic (exact) mass is 330 g/mol. The Kier molecular flexibility index (Phi) is 4.60. The molecule has 1 amide bonds. The minimum absolute atomic E-state index is 0.151. The second-order valence-electron chi connectivity index (χ2n) is 4.89. The van der Waals surface area contributed by atoms with Crippen LogP contribution in [0.25, 0.3) is 0 Å². The largest absolute Gasteiger partial charge is 0.493 e. The molecule has 0 atom stereocenters. The zero-order chi connectivity index (χ0) is 16.9. The molecular formula is C17H15FN2O4. The fraction of sp³-hybridized carbons (Fsp3) is 0.176. The molecule has 24 heavy (non-hydrogen) atoms. The molecule has 0 saturated carbocycles. The van der Waals surface area contributed by atoms with Crippen molar-refractivity contribution in [2.24, 2.45) is 5.10 Å². The standard InChI is InChI=1S/C17H15FN2O4/c1-2-22-14-8-16-15(23-10-24-16)7-12(14)9-19-20-17(21)11-4-3-5-13(18)6-11/h3-9H,2,10H2,1H3,(H,20,21)/b19-9+. The molecule has 124 valence electrons. The summed E-state index contributed by atoms with van der Waals surface area (Å²) in [4.78, 5) is 11.9. The minimum atomic E-state index is -0.510. The Hall–Kier alpha value is -3.09. The van der Waals surface area contributed by atoms with E-state index in [-0.39, 0.29) is 12.4 Å². The maximum atomic E-state index is 13.1.